The van der Waals surface area contributed by atoms with E-state index in [1.54, 1.807) is 6.07 Å². The van der Waals surface area contributed by atoms with Crippen molar-refractivity contribution in [1.29, 1.82) is 0 Å². The van der Waals surface area contributed by atoms with Crippen molar-refractivity contribution < 1.29 is 4.39 Å². The van der Waals surface area contributed by atoms with Gasteiger partial charge in [0.2, 0.25) is 0 Å². The average Bonchev–Trinajstić information content (AvgIpc) is 2.28. The smallest absolute Gasteiger partial charge is 0.146 e. The van der Waals surface area contributed by atoms with Crippen molar-refractivity contribution in [3.8, 4) is 0 Å². The first-order valence-corrected chi connectivity index (χ1v) is 5.53. The Kier molecular flexibility index (Phi) is 3.20. The molecular formula is C13H12ClFN2. The van der Waals surface area contributed by atoms with Crippen LogP contribution in [0.25, 0.3) is 0 Å². The van der Waals surface area contributed by atoms with Crippen molar-refractivity contribution in [2.75, 3.05) is 11.1 Å². The van der Waals surface area contributed by atoms with E-state index >= 15 is 0 Å². The summed E-state index contributed by atoms with van der Waals surface area (Å²) in [7, 11) is 0. The van der Waals surface area contributed by atoms with Gasteiger partial charge in [-0.1, -0.05) is 23.7 Å². The molecule has 0 bridgehead atoms. The molecule has 2 rings (SSSR count). The molecular weight excluding hydrogens is 239 g/mol. The number of aryl methyl sites for hydroxylation is 1. The predicted molar refractivity (Wildman–Crippen MR) is 70.3 cm³/mol. The highest BCUT2D eigenvalue weighted by Crippen LogP contribution is 2.29. The first-order chi connectivity index (χ1) is 8.08. The van der Waals surface area contributed by atoms with Crippen LogP contribution >= 0.6 is 11.6 Å². The molecule has 0 saturated carbocycles. The van der Waals surface area contributed by atoms with Gasteiger partial charge >= 0.3 is 0 Å². The molecule has 2 aromatic carbocycles. The molecule has 0 aromatic heterocycles. The van der Waals surface area contributed by atoms with E-state index in [0.29, 0.717) is 22.1 Å². The van der Waals surface area contributed by atoms with Crippen LogP contribution in [-0.2, 0) is 0 Å². The first-order valence-electron chi connectivity index (χ1n) is 5.15. The molecule has 0 aliphatic heterocycles. The minimum atomic E-state index is -0.364. The van der Waals surface area contributed by atoms with Crippen LogP contribution in [0.4, 0.5) is 21.5 Å². The lowest BCUT2D eigenvalue weighted by atomic mass is 10.1. The number of hydrogen-bond acceptors (Lipinski definition) is 2. The van der Waals surface area contributed by atoms with Gasteiger partial charge in [-0.3, -0.25) is 0 Å². The van der Waals surface area contributed by atoms with Gasteiger partial charge in [0.05, 0.1) is 17.1 Å². The quantitative estimate of drug-likeness (QED) is 0.787. The third-order valence-corrected chi connectivity index (χ3v) is 2.73. The lowest BCUT2D eigenvalue weighted by molar-refractivity contribution is 0.632. The molecule has 0 unspecified atom stereocenters. The largest absolute Gasteiger partial charge is 0.397 e. The molecule has 0 radical (unpaired) electrons. The van der Waals surface area contributed by atoms with Crippen molar-refractivity contribution in [2.45, 2.75) is 6.92 Å². The Morgan fingerprint density at radius 2 is 2.00 bits per heavy atom. The zero-order valence-corrected chi connectivity index (χ0v) is 10.1. The second-order valence-corrected chi connectivity index (χ2v) is 4.22. The Bertz CT molecular complexity index is 535. The fourth-order valence-electron chi connectivity index (χ4n) is 1.59. The Morgan fingerprint density at radius 3 is 2.71 bits per heavy atom. The van der Waals surface area contributed by atoms with Crippen LogP contribution in [0.1, 0.15) is 5.56 Å². The number of anilines is 3. The number of para-hydroxylation sites is 1. The summed E-state index contributed by atoms with van der Waals surface area (Å²) >= 11 is 5.82. The van der Waals surface area contributed by atoms with Crippen LogP contribution in [0.15, 0.2) is 36.4 Å². The summed E-state index contributed by atoms with van der Waals surface area (Å²) in [5, 5.41) is 3.44. The lowest BCUT2D eigenvalue weighted by Crippen LogP contribution is -2.00. The predicted octanol–water partition coefficient (Wildman–Crippen LogP) is 4.11. The molecule has 2 aromatic rings. The van der Waals surface area contributed by atoms with E-state index in [-0.39, 0.29) is 5.82 Å². The van der Waals surface area contributed by atoms with Gasteiger partial charge in [0.25, 0.3) is 0 Å². The van der Waals surface area contributed by atoms with Gasteiger partial charge in [-0.05, 0) is 36.8 Å². The molecule has 0 aliphatic rings. The summed E-state index contributed by atoms with van der Waals surface area (Å²) in [6.07, 6.45) is 0. The third kappa shape index (κ3) is 2.50. The van der Waals surface area contributed by atoms with Crippen LogP contribution in [0.3, 0.4) is 0 Å². The third-order valence-electron chi connectivity index (χ3n) is 2.49. The lowest BCUT2D eigenvalue weighted by Gasteiger charge is -2.13. The van der Waals surface area contributed by atoms with Gasteiger partial charge < -0.3 is 11.1 Å². The second kappa shape index (κ2) is 4.63. The van der Waals surface area contributed by atoms with E-state index < -0.39 is 0 Å². The van der Waals surface area contributed by atoms with Crippen LogP contribution in [0.2, 0.25) is 5.02 Å². The van der Waals surface area contributed by atoms with Crippen molar-refractivity contribution in [3.05, 3.63) is 52.8 Å². The zero-order valence-electron chi connectivity index (χ0n) is 9.30. The number of nitrogens with one attached hydrogen (secondary N) is 1. The Hall–Kier alpha value is -1.74. The summed E-state index contributed by atoms with van der Waals surface area (Å²) in [6.45, 7) is 1.90. The summed E-state index contributed by atoms with van der Waals surface area (Å²) in [5.74, 6) is -0.364. The van der Waals surface area contributed by atoms with Gasteiger partial charge in [-0.15, -0.1) is 0 Å². The fourth-order valence-corrected chi connectivity index (χ4v) is 1.76. The molecule has 88 valence electrons. The van der Waals surface area contributed by atoms with Gasteiger partial charge in [0.1, 0.15) is 5.82 Å². The minimum Gasteiger partial charge on any atom is -0.397 e. The zero-order chi connectivity index (χ0) is 12.4. The van der Waals surface area contributed by atoms with E-state index in [0.717, 1.165) is 5.56 Å². The summed E-state index contributed by atoms with van der Waals surface area (Å²) in [6, 6.07) is 9.87. The maximum absolute atomic E-state index is 13.6. The van der Waals surface area contributed by atoms with E-state index in [2.05, 4.69) is 5.32 Å². The number of benzene rings is 2. The fraction of sp³-hybridized carbons (Fsp3) is 0.0769. The van der Waals surface area contributed by atoms with Crippen molar-refractivity contribution in [2.24, 2.45) is 0 Å². The molecule has 0 spiro atoms. The highest BCUT2D eigenvalue weighted by atomic mass is 35.5. The molecule has 17 heavy (non-hydrogen) atoms. The molecule has 0 aliphatic carbocycles. The summed E-state index contributed by atoms with van der Waals surface area (Å²) in [4.78, 5) is 0. The van der Waals surface area contributed by atoms with Gasteiger partial charge in [-0.25, -0.2) is 4.39 Å². The molecule has 2 nitrogen and oxygen atoms in total. The molecule has 0 amide bonds. The highest BCUT2D eigenvalue weighted by molar-refractivity contribution is 6.30. The average molecular weight is 251 g/mol. The van der Waals surface area contributed by atoms with Crippen molar-refractivity contribution in [1.82, 2.24) is 0 Å². The van der Waals surface area contributed by atoms with E-state index in [1.165, 1.54) is 18.2 Å². The Morgan fingerprint density at radius 1 is 1.24 bits per heavy atom. The molecule has 0 heterocycles. The second-order valence-electron chi connectivity index (χ2n) is 3.79. The monoisotopic (exact) mass is 250 g/mol. The number of hydrogen-bond donors (Lipinski definition) is 2. The Labute approximate surface area is 104 Å². The van der Waals surface area contributed by atoms with Gasteiger partial charge in [-0.2, -0.15) is 0 Å². The number of rotatable bonds is 2. The topological polar surface area (TPSA) is 38.0 Å². The minimum absolute atomic E-state index is 0.318. The molecule has 4 heteroatoms. The SMILES string of the molecule is Cc1cccc(N)c1Nc1cc(Cl)ccc1F. The first kappa shape index (κ1) is 11.7. The maximum Gasteiger partial charge on any atom is 0.146 e. The van der Waals surface area contributed by atoms with Gasteiger partial charge in [0.15, 0.2) is 0 Å². The number of nitrogen functional groups attached to an aromatic ring is 1. The van der Waals surface area contributed by atoms with Crippen LogP contribution in [0.5, 0.6) is 0 Å². The van der Waals surface area contributed by atoms with Crippen LogP contribution in [-0.4, -0.2) is 0 Å². The normalized spacial score (nSPS) is 10.3. The molecule has 0 atom stereocenters. The summed E-state index contributed by atoms with van der Waals surface area (Å²) < 4.78 is 13.6. The standard InChI is InChI=1S/C13H12ClFN2/c1-8-3-2-4-11(16)13(8)17-12-7-9(14)5-6-10(12)15/h2-7,17H,16H2,1H3. The Balaban J connectivity index is 2.41. The van der Waals surface area contributed by atoms with Crippen LogP contribution < -0.4 is 11.1 Å². The van der Waals surface area contributed by atoms with E-state index in [4.69, 9.17) is 17.3 Å². The highest BCUT2D eigenvalue weighted by Gasteiger charge is 2.07. The van der Waals surface area contributed by atoms with E-state index in [1.807, 2.05) is 19.1 Å². The van der Waals surface area contributed by atoms with Crippen molar-refractivity contribution >= 4 is 28.7 Å². The number of nitrogens with two attached hydrogens (primary N) is 1. The van der Waals surface area contributed by atoms with Crippen LogP contribution in [0, 0.1) is 12.7 Å². The maximum atomic E-state index is 13.6. The van der Waals surface area contributed by atoms with Gasteiger partial charge in [0, 0.05) is 5.02 Å². The molecule has 0 saturated heterocycles. The van der Waals surface area contributed by atoms with Crippen molar-refractivity contribution in [3.63, 3.8) is 0 Å². The molecule has 3 N–H and O–H groups in total. The van der Waals surface area contributed by atoms with E-state index in [9.17, 15) is 4.39 Å². The molecule has 0 fully saturated rings. The number of halogens is 2. The summed E-state index contributed by atoms with van der Waals surface area (Å²) in [5.41, 5.74) is 8.38.